The average Bonchev–Trinajstić information content (AvgIpc) is 2.89. The van der Waals surface area contributed by atoms with Crippen molar-refractivity contribution >= 4 is 17.3 Å². The second-order valence-corrected chi connectivity index (χ2v) is 6.68. The van der Waals surface area contributed by atoms with Crippen molar-refractivity contribution in [2.45, 2.75) is 19.8 Å². The fraction of sp³-hybridized carbons (Fsp3) is 0.222. The number of ether oxygens (including phenoxy) is 2. The third-order valence-corrected chi connectivity index (χ3v) is 5.03. The highest BCUT2D eigenvalue weighted by atomic mass is 32.1. The van der Waals surface area contributed by atoms with Crippen molar-refractivity contribution in [2.75, 3.05) is 6.61 Å². The second-order valence-electron chi connectivity index (χ2n) is 5.43. The first-order valence-electron chi connectivity index (χ1n) is 7.61. The molecule has 0 unspecified atom stereocenters. The summed E-state index contributed by atoms with van der Waals surface area (Å²) >= 11 is 1.31. The van der Waals surface area contributed by atoms with E-state index in [0.29, 0.717) is 20.9 Å². The minimum Gasteiger partial charge on any atom is -0.462 e. The van der Waals surface area contributed by atoms with Gasteiger partial charge in [-0.2, -0.15) is 5.26 Å². The molecule has 1 aromatic carbocycles. The zero-order valence-electron chi connectivity index (χ0n) is 13.6. The third-order valence-electron chi connectivity index (χ3n) is 3.88. The van der Waals surface area contributed by atoms with Crippen LogP contribution < -0.4 is 10.5 Å². The molecular weight excluding hydrogens is 343 g/mol. The summed E-state index contributed by atoms with van der Waals surface area (Å²) in [6.45, 7) is 3.71. The Balaban J connectivity index is 2.22. The molecule has 25 heavy (non-hydrogen) atoms. The molecule has 3 rings (SSSR count). The van der Waals surface area contributed by atoms with Crippen molar-refractivity contribution < 1.29 is 18.7 Å². The highest BCUT2D eigenvalue weighted by molar-refractivity contribution is 7.12. The van der Waals surface area contributed by atoms with Crippen LogP contribution in [-0.4, -0.2) is 12.6 Å². The number of allylic oxidation sites excluding steroid dienone is 1. The van der Waals surface area contributed by atoms with Gasteiger partial charge >= 0.3 is 5.97 Å². The van der Waals surface area contributed by atoms with Gasteiger partial charge in [-0.25, -0.2) is 9.18 Å². The Morgan fingerprint density at radius 3 is 2.92 bits per heavy atom. The van der Waals surface area contributed by atoms with Crippen molar-refractivity contribution in [2.24, 2.45) is 5.73 Å². The summed E-state index contributed by atoms with van der Waals surface area (Å²) in [6.07, 6.45) is 0. The van der Waals surface area contributed by atoms with Crippen LogP contribution in [0.15, 0.2) is 35.7 Å². The number of rotatable bonds is 3. The first-order chi connectivity index (χ1) is 12.0. The van der Waals surface area contributed by atoms with Crippen LogP contribution in [0.25, 0.3) is 0 Å². The minimum absolute atomic E-state index is 0.0902. The van der Waals surface area contributed by atoms with Crippen molar-refractivity contribution in [1.29, 1.82) is 5.26 Å². The highest BCUT2D eigenvalue weighted by Gasteiger charge is 2.37. The maximum absolute atomic E-state index is 13.7. The van der Waals surface area contributed by atoms with Crippen LogP contribution in [0.1, 0.15) is 38.5 Å². The number of halogens is 1. The van der Waals surface area contributed by atoms with E-state index < -0.39 is 17.7 Å². The standard InChI is InChI=1S/C18H15FN2O3S/c1-3-23-18(22)13-9(2)25-16-14(10-5-4-6-11(19)7-10)12(8-20)17(21)24-15(13)16/h4-7,14H,3,21H2,1-2H3/t14-/m1/s1. The van der Waals surface area contributed by atoms with E-state index >= 15 is 0 Å². The summed E-state index contributed by atoms with van der Waals surface area (Å²) in [7, 11) is 0. The number of esters is 1. The molecule has 0 amide bonds. The molecule has 5 nitrogen and oxygen atoms in total. The number of hydrogen-bond acceptors (Lipinski definition) is 6. The monoisotopic (exact) mass is 358 g/mol. The molecule has 128 valence electrons. The smallest absolute Gasteiger partial charge is 0.343 e. The molecule has 0 saturated carbocycles. The quantitative estimate of drug-likeness (QED) is 0.848. The van der Waals surface area contributed by atoms with E-state index in [1.807, 2.05) is 6.07 Å². The van der Waals surface area contributed by atoms with E-state index in [9.17, 15) is 14.4 Å². The lowest BCUT2D eigenvalue weighted by molar-refractivity contribution is 0.0522. The zero-order valence-corrected chi connectivity index (χ0v) is 14.4. The number of nitrogens with two attached hydrogens (primary N) is 1. The van der Waals surface area contributed by atoms with Crippen LogP contribution in [0.3, 0.4) is 0 Å². The molecule has 0 fully saturated rings. The molecule has 2 aromatic rings. The molecule has 7 heteroatoms. The number of carbonyl (C=O) groups is 1. The van der Waals surface area contributed by atoms with Crippen LogP contribution in [0, 0.1) is 24.1 Å². The van der Waals surface area contributed by atoms with Gasteiger partial charge in [0.15, 0.2) is 5.75 Å². The minimum atomic E-state index is -0.587. The topological polar surface area (TPSA) is 85.3 Å². The Morgan fingerprint density at radius 2 is 2.28 bits per heavy atom. The van der Waals surface area contributed by atoms with E-state index in [4.69, 9.17) is 15.2 Å². The van der Waals surface area contributed by atoms with Crippen molar-refractivity contribution in [3.63, 3.8) is 0 Å². The molecule has 2 heterocycles. The number of hydrogen-bond donors (Lipinski definition) is 1. The van der Waals surface area contributed by atoms with Crippen LogP contribution in [0.5, 0.6) is 5.75 Å². The van der Waals surface area contributed by atoms with Gasteiger partial charge in [0, 0.05) is 4.88 Å². The lowest BCUT2D eigenvalue weighted by atomic mass is 9.88. The number of aryl methyl sites for hydroxylation is 1. The summed E-state index contributed by atoms with van der Waals surface area (Å²) < 4.78 is 24.4. The van der Waals surface area contributed by atoms with E-state index in [2.05, 4.69) is 0 Å². The third kappa shape index (κ3) is 2.85. The maximum Gasteiger partial charge on any atom is 0.343 e. The van der Waals surface area contributed by atoms with Gasteiger partial charge in [0.1, 0.15) is 23.0 Å². The normalized spacial score (nSPS) is 16.0. The van der Waals surface area contributed by atoms with Gasteiger partial charge in [-0.05, 0) is 31.5 Å². The fourth-order valence-electron chi connectivity index (χ4n) is 2.84. The fourth-order valence-corrected chi connectivity index (χ4v) is 4.05. The molecule has 2 N–H and O–H groups in total. The van der Waals surface area contributed by atoms with Gasteiger partial charge in [0.25, 0.3) is 0 Å². The van der Waals surface area contributed by atoms with Crippen molar-refractivity contribution in [3.05, 3.63) is 62.4 Å². The van der Waals surface area contributed by atoms with Gasteiger partial charge < -0.3 is 15.2 Å². The average molecular weight is 358 g/mol. The molecular formula is C18H15FN2O3S. The molecule has 1 aliphatic heterocycles. The lowest BCUT2D eigenvalue weighted by Gasteiger charge is -2.24. The summed E-state index contributed by atoms with van der Waals surface area (Å²) in [6, 6.07) is 8.00. The van der Waals surface area contributed by atoms with Crippen LogP contribution in [-0.2, 0) is 4.74 Å². The molecule has 1 aromatic heterocycles. The molecule has 0 bridgehead atoms. The Kier molecular flexibility index (Phi) is 4.47. The van der Waals surface area contributed by atoms with Gasteiger partial charge in [0.2, 0.25) is 5.88 Å². The Bertz CT molecular complexity index is 927. The Labute approximate surface area is 148 Å². The number of nitrogens with zero attached hydrogens (tertiary/aromatic N) is 1. The Hall–Kier alpha value is -2.85. The van der Waals surface area contributed by atoms with E-state index in [1.165, 1.54) is 23.5 Å². The van der Waals surface area contributed by atoms with Gasteiger partial charge in [-0.3, -0.25) is 0 Å². The van der Waals surface area contributed by atoms with Crippen molar-refractivity contribution in [1.82, 2.24) is 0 Å². The largest absolute Gasteiger partial charge is 0.462 e. The van der Waals surface area contributed by atoms with Crippen LogP contribution in [0.4, 0.5) is 4.39 Å². The molecule has 1 aliphatic rings. The molecule has 1 atom stereocenters. The van der Waals surface area contributed by atoms with E-state index in [1.54, 1.807) is 26.0 Å². The van der Waals surface area contributed by atoms with E-state index in [0.717, 1.165) is 0 Å². The predicted octanol–water partition coefficient (Wildman–Crippen LogP) is 3.59. The van der Waals surface area contributed by atoms with E-state index in [-0.39, 0.29) is 23.8 Å². The molecule has 0 saturated heterocycles. The van der Waals surface area contributed by atoms with Gasteiger partial charge in [0.05, 0.1) is 17.4 Å². The first kappa shape index (κ1) is 17.0. The number of fused-ring (bicyclic) bond motifs is 1. The summed E-state index contributed by atoms with van der Waals surface area (Å²) in [4.78, 5) is 13.6. The molecule has 0 spiro atoms. The summed E-state index contributed by atoms with van der Waals surface area (Å²) in [5.74, 6) is -1.32. The van der Waals surface area contributed by atoms with Gasteiger partial charge in [-0.1, -0.05) is 12.1 Å². The maximum atomic E-state index is 13.7. The number of thiophene rings is 1. The zero-order chi connectivity index (χ0) is 18.1. The highest BCUT2D eigenvalue weighted by Crippen LogP contribution is 2.49. The summed E-state index contributed by atoms with van der Waals surface area (Å²) in [5.41, 5.74) is 6.97. The predicted molar refractivity (Wildman–Crippen MR) is 90.7 cm³/mol. The van der Waals surface area contributed by atoms with Crippen molar-refractivity contribution in [3.8, 4) is 11.8 Å². The van der Waals surface area contributed by atoms with Gasteiger partial charge in [-0.15, -0.1) is 11.3 Å². The number of nitriles is 1. The lowest BCUT2D eigenvalue weighted by Crippen LogP contribution is -2.21. The Morgan fingerprint density at radius 1 is 1.52 bits per heavy atom. The second kappa shape index (κ2) is 6.57. The molecule has 0 radical (unpaired) electrons. The summed E-state index contributed by atoms with van der Waals surface area (Å²) in [5, 5.41) is 9.51. The SMILES string of the molecule is CCOC(=O)c1c(C)sc2c1OC(N)=C(C#N)[C@H]2c1cccc(F)c1. The van der Waals surface area contributed by atoms with Crippen LogP contribution >= 0.6 is 11.3 Å². The van der Waals surface area contributed by atoms with Crippen LogP contribution in [0.2, 0.25) is 0 Å². The number of benzene rings is 1. The number of carbonyl (C=O) groups excluding carboxylic acids is 1. The molecule has 0 aliphatic carbocycles. The first-order valence-corrected chi connectivity index (χ1v) is 8.43.